The van der Waals surface area contributed by atoms with Crippen molar-refractivity contribution in [3.05, 3.63) is 65.5 Å². The van der Waals surface area contributed by atoms with Crippen LogP contribution < -0.4 is 10.7 Å². The first-order valence-electron chi connectivity index (χ1n) is 6.37. The number of nitrogens with zero attached hydrogens (tertiary/aromatic N) is 1. The first-order chi connectivity index (χ1) is 10.6. The van der Waals surface area contributed by atoms with E-state index in [0.29, 0.717) is 16.8 Å². The zero-order valence-electron chi connectivity index (χ0n) is 11.2. The van der Waals surface area contributed by atoms with Gasteiger partial charge in [0.25, 0.3) is 11.8 Å². The van der Waals surface area contributed by atoms with Gasteiger partial charge in [0.1, 0.15) is 5.82 Å². The van der Waals surface area contributed by atoms with Crippen LogP contribution in [0, 0.1) is 5.82 Å². The number of fused-ring (bicyclic) bond motifs is 1. The summed E-state index contributed by atoms with van der Waals surface area (Å²) >= 11 is 5.04. The van der Waals surface area contributed by atoms with Crippen LogP contribution >= 0.6 is 12.2 Å². The first-order valence-corrected chi connectivity index (χ1v) is 6.78. The van der Waals surface area contributed by atoms with Gasteiger partial charge in [-0.05, 0) is 42.5 Å². The van der Waals surface area contributed by atoms with Crippen molar-refractivity contribution < 1.29 is 14.0 Å². The van der Waals surface area contributed by atoms with Crippen molar-refractivity contribution in [2.24, 2.45) is 0 Å². The highest BCUT2D eigenvalue weighted by atomic mass is 32.1. The van der Waals surface area contributed by atoms with Gasteiger partial charge < -0.3 is 5.32 Å². The average Bonchev–Trinajstić information content (AvgIpc) is 2.73. The van der Waals surface area contributed by atoms with Crippen molar-refractivity contribution in [3.63, 3.8) is 0 Å². The summed E-state index contributed by atoms with van der Waals surface area (Å²) in [6, 6.07) is 12.2. The number of halogens is 1. The number of rotatable bonds is 2. The molecule has 2 aromatic rings. The van der Waals surface area contributed by atoms with Gasteiger partial charge in [-0.1, -0.05) is 18.2 Å². The molecule has 0 aromatic heterocycles. The van der Waals surface area contributed by atoms with Crippen molar-refractivity contribution in [2.75, 3.05) is 5.32 Å². The lowest BCUT2D eigenvalue weighted by molar-refractivity contribution is 0.0613. The molecule has 0 spiro atoms. The standard InChI is InChI=1S/C15H10FN3O2S/c16-9-4-3-5-10(8-9)17-15(22)18-19-13(20)11-6-1-2-7-12(11)14(19)21/h1-8H,(H2,17,18,22). The normalized spacial score (nSPS) is 13.0. The molecule has 3 rings (SSSR count). The number of carbonyl (C=O) groups is 2. The Bertz CT molecular complexity index is 759. The predicted molar refractivity (Wildman–Crippen MR) is 82.7 cm³/mol. The van der Waals surface area contributed by atoms with E-state index in [1.807, 2.05) is 0 Å². The summed E-state index contributed by atoms with van der Waals surface area (Å²) in [4.78, 5) is 24.3. The van der Waals surface area contributed by atoms with E-state index < -0.39 is 17.6 Å². The fraction of sp³-hybridized carbons (Fsp3) is 0. The highest BCUT2D eigenvalue weighted by Gasteiger charge is 2.35. The molecule has 1 heterocycles. The smallest absolute Gasteiger partial charge is 0.280 e. The summed E-state index contributed by atoms with van der Waals surface area (Å²) in [5.41, 5.74) is 3.56. The largest absolute Gasteiger partial charge is 0.331 e. The molecule has 5 nitrogen and oxygen atoms in total. The fourth-order valence-electron chi connectivity index (χ4n) is 2.12. The van der Waals surface area contributed by atoms with Gasteiger partial charge in [-0.3, -0.25) is 15.0 Å². The summed E-state index contributed by atoms with van der Waals surface area (Å²) in [7, 11) is 0. The molecule has 0 unspecified atom stereocenters. The quantitative estimate of drug-likeness (QED) is 0.658. The number of amides is 2. The van der Waals surface area contributed by atoms with Crippen molar-refractivity contribution in [3.8, 4) is 0 Å². The molecule has 2 N–H and O–H groups in total. The van der Waals surface area contributed by atoms with Gasteiger partial charge in [0.05, 0.1) is 11.1 Å². The van der Waals surface area contributed by atoms with E-state index in [4.69, 9.17) is 12.2 Å². The topological polar surface area (TPSA) is 61.4 Å². The molecule has 22 heavy (non-hydrogen) atoms. The number of imide groups is 1. The third kappa shape index (κ3) is 2.53. The maximum atomic E-state index is 13.1. The number of hydrogen-bond acceptors (Lipinski definition) is 3. The third-order valence-corrected chi connectivity index (χ3v) is 3.28. The number of hydrazine groups is 1. The number of benzene rings is 2. The van der Waals surface area contributed by atoms with Crippen molar-refractivity contribution in [1.82, 2.24) is 10.4 Å². The van der Waals surface area contributed by atoms with Crippen LogP contribution in [0.4, 0.5) is 10.1 Å². The Morgan fingerprint density at radius 3 is 2.23 bits per heavy atom. The molecule has 1 aliphatic rings. The van der Waals surface area contributed by atoms with Crippen LogP contribution in [0.15, 0.2) is 48.5 Å². The predicted octanol–water partition coefficient (Wildman–Crippen LogP) is 2.32. The molecule has 0 bridgehead atoms. The molecular formula is C15H10FN3O2S. The Kier molecular flexibility index (Phi) is 3.56. The van der Waals surface area contributed by atoms with Gasteiger partial charge >= 0.3 is 0 Å². The summed E-state index contributed by atoms with van der Waals surface area (Å²) in [5.74, 6) is -1.39. The summed E-state index contributed by atoms with van der Waals surface area (Å²) in [5, 5.41) is 3.56. The summed E-state index contributed by atoms with van der Waals surface area (Å²) < 4.78 is 13.1. The zero-order chi connectivity index (χ0) is 15.7. The Morgan fingerprint density at radius 1 is 1.00 bits per heavy atom. The Morgan fingerprint density at radius 2 is 1.64 bits per heavy atom. The second-order valence-electron chi connectivity index (χ2n) is 4.57. The van der Waals surface area contributed by atoms with Crippen LogP contribution in [-0.2, 0) is 0 Å². The van der Waals surface area contributed by atoms with Gasteiger partial charge in [-0.25, -0.2) is 4.39 Å². The minimum absolute atomic E-state index is 0.0140. The van der Waals surface area contributed by atoms with E-state index >= 15 is 0 Å². The highest BCUT2D eigenvalue weighted by molar-refractivity contribution is 7.80. The van der Waals surface area contributed by atoms with E-state index in [1.165, 1.54) is 18.2 Å². The molecule has 0 radical (unpaired) electrons. The lowest BCUT2D eigenvalue weighted by atomic mass is 10.1. The lowest BCUT2D eigenvalue weighted by Gasteiger charge is -2.17. The maximum Gasteiger partial charge on any atom is 0.280 e. The molecule has 7 heteroatoms. The Labute approximate surface area is 130 Å². The minimum atomic E-state index is -0.482. The molecule has 2 amide bonds. The molecule has 1 aliphatic heterocycles. The molecule has 110 valence electrons. The van der Waals surface area contributed by atoms with Crippen molar-refractivity contribution in [2.45, 2.75) is 0 Å². The van der Waals surface area contributed by atoms with E-state index in [2.05, 4.69) is 10.7 Å². The fourth-order valence-corrected chi connectivity index (χ4v) is 2.33. The van der Waals surface area contributed by atoms with Gasteiger partial charge in [-0.2, -0.15) is 5.01 Å². The Balaban J connectivity index is 1.73. The molecule has 0 aliphatic carbocycles. The van der Waals surface area contributed by atoms with Gasteiger partial charge in [0.15, 0.2) is 5.11 Å². The lowest BCUT2D eigenvalue weighted by Crippen LogP contribution is -2.47. The van der Waals surface area contributed by atoms with Crippen molar-refractivity contribution >= 4 is 34.8 Å². The Hall–Kier alpha value is -2.80. The van der Waals surface area contributed by atoms with Crippen LogP contribution in [0.25, 0.3) is 0 Å². The van der Waals surface area contributed by atoms with Crippen LogP contribution in [0.3, 0.4) is 0 Å². The summed E-state index contributed by atoms with van der Waals surface area (Å²) in [6.45, 7) is 0. The van der Waals surface area contributed by atoms with Crippen LogP contribution in [0.1, 0.15) is 20.7 Å². The molecular weight excluding hydrogens is 305 g/mol. The van der Waals surface area contributed by atoms with Gasteiger partial charge in [0, 0.05) is 5.69 Å². The molecule has 2 aromatic carbocycles. The zero-order valence-corrected chi connectivity index (χ0v) is 12.0. The van der Waals surface area contributed by atoms with Gasteiger partial charge in [0.2, 0.25) is 0 Å². The first kappa shape index (κ1) is 14.2. The van der Waals surface area contributed by atoms with Crippen molar-refractivity contribution in [1.29, 1.82) is 0 Å². The minimum Gasteiger partial charge on any atom is -0.331 e. The second kappa shape index (κ2) is 5.53. The van der Waals surface area contributed by atoms with E-state index in [-0.39, 0.29) is 5.11 Å². The van der Waals surface area contributed by atoms with E-state index in [1.54, 1.807) is 30.3 Å². The highest BCUT2D eigenvalue weighted by Crippen LogP contribution is 2.20. The molecule has 0 saturated heterocycles. The molecule has 0 fully saturated rings. The third-order valence-electron chi connectivity index (χ3n) is 3.09. The number of nitrogens with one attached hydrogen (secondary N) is 2. The monoisotopic (exact) mass is 315 g/mol. The maximum absolute atomic E-state index is 13.1. The van der Waals surface area contributed by atoms with Crippen LogP contribution in [0.2, 0.25) is 0 Å². The number of carbonyl (C=O) groups excluding carboxylic acids is 2. The van der Waals surface area contributed by atoms with E-state index in [0.717, 1.165) is 5.01 Å². The number of anilines is 1. The van der Waals surface area contributed by atoms with Crippen LogP contribution in [-0.4, -0.2) is 21.9 Å². The number of thiocarbonyl (C=S) groups is 1. The van der Waals surface area contributed by atoms with Crippen LogP contribution in [0.5, 0.6) is 0 Å². The van der Waals surface area contributed by atoms with Gasteiger partial charge in [-0.15, -0.1) is 0 Å². The average molecular weight is 315 g/mol. The number of hydrogen-bond donors (Lipinski definition) is 2. The molecule has 0 saturated carbocycles. The SMILES string of the molecule is O=C1c2ccccc2C(=O)N1NC(=S)Nc1cccc(F)c1. The molecule has 0 atom stereocenters. The van der Waals surface area contributed by atoms with E-state index in [9.17, 15) is 14.0 Å². The second-order valence-corrected chi connectivity index (χ2v) is 4.98. The summed E-state index contributed by atoms with van der Waals surface area (Å²) in [6.07, 6.45) is 0.